The molecule has 1 heterocycles. The highest BCUT2D eigenvalue weighted by Gasteiger charge is 2.83. The predicted octanol–water partition coefficient (Wildman–Crippen LogP) is 1.76. The van der Waals surface area contributed by atoms with Gasteiger partial charge in [0.1, 0.15) is 5.60 Å². The zero-order chi connectivity index (χ0) is 9.44. The van der Waals surface area contributed by atoms with E-state index < -0.39 is 0 Å². The van der Waals surface area contributed by atoms with Crippen molar-refractivity contribution in [2.75, 3.05) is 0 Å². The molecule has 72 valence electrons. The van der Waals surface area contributed by atoms with E-state index in [9.17, 15) is 4.79 Å². The largest absolute Gasteiger partial charge is 0.359 e. The molecule has 4 rings (SSSR count). The van der Waals surface area contributed by atoms with Crippen LogP contribution in [-0.4, -0.2) is 17.0 Å². The van der Waals surface area contributed by atoms with Crippen LogP contribution in [0.1, 0.15) is 25.7 Å². The summed E-state index contributed by atoms with van der Waals surface area (Å²) in [7, 11) is 0. The van der Waals surface area contributed by atoms with Crippen molar-refractivity contribution in [1.29, 1.82) is 0 Å². The van der Waals surface area contributed by atoms with Gasteiger partial charge in [0.25, 0.3) is 0 Å². The molecule has 0 N–H and O–H groups in total. The quantitative estimate of drug-likeness (QED) is 0.579. The molecule has 2 nitrogen and oxygen atoms in total. The van der Waals surface area contributed by atoms with Gasteiger partial charge in [-0.05, 0) is 50.0 Å². The second-order valence-electron chi connectivity index (χ2n) is 5.04. The summed E-state index contributed by atoms with van der Waals surface area (Å²) < 4.78 is 6.07. The number of ether oxygens (including phenoxy) is 1. The van der Waals surface area contributed by atoms with Crippen LogP contribution in [0.3, 0.4) is 0 Å². The summed E-state index contributed by atoms with van der Waals surface area (Å²) in [5.41, 5.74) is 0.410. The van der Waals surface area contributed by atoms with Crippen LogP contribution in [0.2, 0.25) is 0 Å². The molecule has 0 atom stereocenters. The lowest BCUT2D eigenvalue weighted by Gasteiger charge is -2.55. The minimum Gasteiger partial charge on any atom is -0.359 e. The highest BCUT2D eigenvalue weighted by Crippen LogP contribution is 2.80. The number of carbonyl (C=O) groups excluding carboxylic acids is 1. The summed E-state index contributed by atoms with van der Waals surface area (Å²) in [6.07, 6.45) is 12.3. The first kappa shape index (κ1) is 7.41. The molecule has 0 radical (unpaired) electrons. The Morgan fingerprint density at radius 2 is 1.71 bits per heavy atom. The van der Waals surface area contributed by atoms with Crippen LogP contribution in [0.25, 0.3) is 0 Å². The van der Waals surface area contributed by atoms with Crippen LogP contribution >= 0.6 is 0 Å². The topological polar surface area (TPSA) is 26.3 Å². The molecule has 4 aliphatic rings. The summed E-state index contributed by atoms with van der Waals surface area (Å²) in [6.45, 7) is 0. The second kappa shape index (κ2) is 1.76. The maximum atomic E-state index is 11.1. The average Bonchev–Trinajstić information content (AvgIpc) is 3.01. The van der Waals surface area contributed by atoms with Gasteiger partial charge < -0.3 is 4.74 Å². The van der Waals surface area contributed by atoms with E-state index >= 15 is 0 Å². The molecule has 0 aromatic rings. The summed E-state index contributed by atoms with van der Waals surface area (Å²) >= 11 is 0. The molecule has 0 aromatic carbocycles. The Hall–Kier alpha value is -0.890. The van der Waals surface area contributed by atoms with Crippen molar-refractivity contribution in [3.8, 4) is 0 Å². The molecule has 2 saturated carbocycles. The van der Waals surface area contributed by atoms with Gasteiger partial charge >= 0.3 is 0 Å². The number of fused-ring (bicyclic) bond motifs is 2. The first-order valence-corrected chi connectivity index (χ1v) is 5.35. The molecule has 0 bridgehead atoms. The summed E-state index contributed by atoms with van der Waals surface area (Å²) in [5, 5.41) is 0. The van der Waals surface area contributed by atoms with Crippen LogP contribution in [0.15, 0.2) is 24.3 Å². The van der Waals surface area contributed by atoms with Crippen LogP contribution in [-0.2, 0) is 9.53 Å². The van der Waals surface area contributed by atoms with Gasteiger partial charge in [-0.2, -0.15) is 0 Å². The molecular formula is C12H12O2. The lowest BCUT2D eigenvalue weighted by Crippen LogP contribution is -2.62. The fourth-order valence-corrected chi connectivity index (χ4v) is 3.40. The molecule has 14 heavy (non-hydrogen) atoms. The summed E-state index contributed by atoms with van der Waals surface area (Å²) in [5.74, 6) is 0.0896. The van der Waals surface area contributed by atoms with Crippen molar-refractivity contribution in [2.24, 2.45) is 5.41 Å². The first-order valence-electron chi connectivity index (χ1n) is 5.35. The third-order valence-corrected chi connectivity index (χ3v) is 4.43. The Balaban J connectivity index is 1.78. The molecule has 0 aromatic heterocycles. The standard InChI is InChI=1S/C12H12O2/c13-9-1-3-11(4-2-9)10(5-6-10)12(14-11)7-8-12/h1-4H,5-8H2. The fraction of sp³-hybridized carbons (Fsp3) is 0.583. The van der Waals surface area contributed by atoms with Gasteiger partial charge in [-0.15, -0.1) is 0 Å². The number of allylic oxidation sites excluding steroid dienone is 2. The Morgan fingerprint density at radius 3 is 2.21 bits per heavy atom. The number of ketones is 1. The molecule has 0 unspecified atom stereocenters. The molecular weight excluding hydrogens is 176 g/mol. The van der Waals surface area contributed by atoms with Crippen LogP contribution in [0, 0.1) is 5.41 Å². The van der Waals surface area contributed by atoms with Crippen molar-refractivity contribution in [1.82, 2.24) is 0 Å². The van der Waals surface area contributed by atoms with E-state index in [0.29, 0.717) is 5.41 Å². The predicted molar refractivity (Wildman–Crippen MR) is 50.7 cm³/mol. The van der Waals surface area contributed by atoms with Crippen molar-refractivity contribution in [3.63, 3.8) is 0 Å². The van der Waals surface area contributed by atoms with Gasteiger partial charge in [-0.3, -0.25) is 4.79 Å². The Kier molecular flexibility index (Phi) is 0.933. The fourth-order valence-electron chi connectivity index (χ4n) is 3.40. The highest BCUT2D eigenvalue weighted by molar-refractivity contribution is 6.00. The van der Waals surface area contributed by atoms with E-state index in [4.69, 9.17) is 4.74 Å². The summed E-state index contributed by atoms with van der Waals surface area (Å²) in [6, 6.07) is 0. The molecule has 3 aliphatic carbocycles. The van der Waals surface area contributed by atoms with Crippen LogP contribution < -0.4 is 0 Å². The van der Waals surface area contributed by atoms with Crippen molar-refractivity contribution >= 4 is 5.78 Å². The van der Waals surface area contributed by atoms with Crippen molar-refractivity contribution < 1.29 is 9.53 Å². The molecule has 3 fully saturated rings. The minimum atomic E-state index is -0.197. The van der Waals surface area contributed by atoms with Crippen molar-refractivity contribution in [3.05, 3.63) is 24.3 Å². The molecule has 1 saturated heterocycles. The van der Waals surface area contributed by atoms with E-state index in [1.807, 2.05) is 12.2 Å². The minimum absolute atomic E-state index is 0.0896. The number of hydrogen-bond donors (Lipinski definition) is 0. The van der Waals surface area contributed by atoms with Gasteiger partial charge in [0.15, 0.2) is 5.78 Å². The average molecular weight is 188 g/mol. The zero-order valence-corrected chi connectivity index (χ0v) is 7.95. The van der Waals surface area contributed by atoms with E-state index in [0.717, 1.165) is 0 Å². The number of rotatable bonds is 0. The maximum absolute atomic E-state index is 11.1. The molecule has 1 aliphatic heterocycles. The molecule has 0 amide bonds. The summed E-state index contributed by atoms with van der Waals surface area (Å²) in [4.78, 5) is 11.1. The Labute approximate surface area is 82.6 Å². The van der Waals surface area contributed by atoms with Gasteiger partial charge in [0.05, 0.1) is 5.60 Å². The monoisotopic (exact) mass is 188 g/mol. The second-order valence-corrected chi connectivity index (χ2v) is 5.04. The Morgan fingerprint density at radius 1 is 1.07 bits per heavy atom. The smallest absolute Gasteiger partial charge is 0.178 e. The Bertz CT molecular complexity index is 379. The van der Waals surface area contributed by atoms with Crippen molar-refractivity contribution in [2.45, 2.75) is 36.9 Å². The first-order chi connectivity index (χ1) is 6.72. The lowest BCUT2D eigenvalue weighted by atomic mass is 9.69. The SMILES string of the molecule is O=C1C=CC2(C=C1)OC1(CC1)C21CC1. The van der Waals surface area contributed by atoms with Crippen LogP contribution in [0.4, 0.5) is 0 Å². The van der Waals surface area contributed by atoms with E-state index in [-0.39, 0.29) is 17.0 Å². The number of hydrogen-bond acceptors (Lipinski definition) is 2. The molecule has 2 heteroatoms. The van der Waals surface area contributed by atoms with E-state index in [2.05, 4.69) is 0 Å². The van der Waals surface area contributed by atoms with E-state index in [1.165, 1.54) is 25.7 Å². The molecule has 3 spiro atoms. The zero-order valence-electron chi connectivity index (χ0n) is 7.95. The lowest BCUT2D eigenvalue weighted by molar-refractivity contribution is -0.245. The van der Waals surface area contributed by atoms with E-state index in [1.54, 1.807) is 12.2 Å². The highest BCUT2D eigenvalue weighted by atomic mass is 16.6. The number of carbonyl (C=O) groups is 1. The van der Waals surface area contributed by atoms with Gasteiger partial charge in [-0.1, -0.05) is 0 Å². The van der Waals surface area contributed by atoms with Gasteiger partial charge in [0, 0.05) is 5.41 Å². The third kappa shape index (κ3) is 0.558. The normalized spacial score (nSPS) is 36.4. The van der Waals surface area contributed by atoms with Gasteiger partial charge in [0.2, 0.25) is 0 Å². The van der Waals surface area contributed by atoms with Gasteiger partial charge in [-0.25, -0.2) is 0 Å². The van der Waals surface area contributed by atoms with Crippen LogP contribution in [0.5, 0.6) is 0 Å². The third-order valence-electron chi connectivity index (χ3n) is 4.43. The maximum Gasteiger partial charge on any atom is 0.178 e.